The van der Waals surface area contributed by atoms with Crippen molar-refractivity contribution in [1.82, 2.24) is 0 Å². The van der Waals surface area contributed by atoms with Crippen molar-refractivity contribution in [2.45, 2.75) is 0 Å². The van der Waals surface area contributed by atoms with Crippen molar-refractivity contribution >= 4 is 45.2 Å². The van der Waals surface area contributed by atoms with E-state index < -0.39 is 5.91 Å². The number of nitriles is 1. The van der Waals surface area contributed by atoms with Crippen molar-refractivity contribution in [1.29, 1.82) is 5.26 Å². The number of benzene rings is 2. The van der Waals surface area contributed by atoms with Crippen molar-refractivity contribution in [2.24, 2.45) is 0 Å². The van der Waals surface area contributed by atoms with E-state index in [-0.39, 0.29) is 5.57 Å². The molecule has 0 unspecified atom stereocenters. The summed E-state index contributed by atoms with van der Waals surface area (Å²) >= 11 is 9.25. The zero-order chi connectivity index (χ0) is 19.8. The number of carbonyl (C=O) groups excluding carboxylic acids is 1. The van der Waals surface area contributed by atoms with Crippen LogP contribution in [0.3, 0.4) is 0 Å². The van der Waals surface area contributed by atoms with Crippen molar-refractivity contribution < 1.29 is 14.3 Å². The van der Waals surface area contributed by atoms with Crippen LogP contribution in [0, 0.1) is 11.3 Å². The van der Waals surface area contributed by atoms with Crippen molar-refractivity contribution in [3.05, 3.63) is 69.7 Å². The van der Waals surface area contributed by atoms with E-state index in [1.165, 1.54) is 13.2 Å². The molecule has 0 heterocycles. The Hall–Kier alpha value is -2.75. The lowest BCUT2D eigenvalue weighted by Gasteiger charge is -2.12. The van der Waals surface area contributed by atoms with E-state index in [2.05, 4.69) is 27.8 Å². The van der Waals surface area contributed by atoms with Crippen LogP contribution >= 0.6 is 27.5 Å². The number of nitrogens with zero attached hydrogens (tertiary/aromatic N) is 1. The highest BCUT2D eigenvalue weighted by molar-refractivity contribution is 9.10. The fraction of sp³-hybridized carbons (Fsp3) is 0.100. The topological polar surface area (TPSA) is 71.3 Å². The molecular weight excluding hydrogens is 432 g/mol. The number of hydrogen-bond donors (Lipinski definition) is 1. The second-order valence-corrected chi connectivity index (χ2v) is 6.55. The van der Waals surface area contributed by atoms with Gasteiger partial charge in [0.15, 0.2) is 11.5 Å². The van der Waals surface area contributed by atoms with Crippen LogP contribution in [0.1, 0.15) is 5.56 Å². The average molecular weight is 448 g/mol. The van der Waals surface area contributed by atoms with Gasteiger partial charge in [-0.05, 0) is 48.0 Å². The minimum Gasteiger partial charge on any atom is -0.493 e. The van der Waals surface area contributed by atoms with Gasteiger partial charge in [0.1, 0.15) is 18.2 Å². The van der Waals surface area contributed by atoms with Crippen LogP contribution in [0.15, 0.2) is 59.1 Å². The first-order valence-corrected chi connectivity index (χ1v) is 8.95. The Labute approximate surface area is 171 Å². The Morgan fingerprint density at radius 1 is 1.33 bits per heavy atom. The standard InChI is InChI=1S/C20H16BrClN2O3/c1-3-8-27-19-11-17(21)13(10-18(19)26-2)9-14(12-23)20(25)24-16-6-4-15(22)5-7-16/h3-7,9-11H,1,8H2,2H3,(H,24,25)/b14-9-. The summed E-state index contributed by atoms with van der Waals surface area (Å²) < 4.78 is 11.5. The summed E-state index contributed by atoms with van der Waals surface area (Å²) in [6.45, 7) is 3.93. The van der Waals surface area contributed by atoms with Crippen molar-refractivity contribution in [3.8, 4) is 17.6 Å². The molecular formula is C20H16BrClN2O3. The molecule has 1 N–H and O–H groups in total. The fourth-order valence-corrected chi connectivity index (χ4v) is 2.68. The van der Waals surface area contributed by atoms with Crippen LogP contribution in [0.2, 0.25) is 5.02 Å². The molecule has 0 aliphatic carbocycles. The Bertz CT molecular complexity index is 918. The van der Waals surface area contributed by atoms with Gasteiger partial charge in [0.2, 0.25) is 0 Å². The van der Waals surface area contributed by atoms with Gasteiger partial charge in [0.05, 0.1) is 7.11 Å². The number of ether oxygens (including phenoxy) is 2. The molecule has 5 nitrogen and oxygen atoms in total. The fourth-order valence-electron chi connectivity index (χ4n) is 2.12. The molecule has 1 amide bonds. The van der Waals surface area contributed by atoms with E-state index in [4.69, 9.17) is 21.1 Å². The quantitative estimate of drug-likeness (QED) is 0.359. The average Bonchev–Trinajstić information content (AvgIpc) is 2.67. The molecule has 138 valence electrons. The van der Waals surface area contributed by atoms with Gasteiger partial charge >= 0.3 is 0 Å². The largest absolute Gasteiger partial charge is 0.493 e. The molecule has 7 heteroatoms. The summed E-state index contributed by atoms with van der Waals surface area (Å²) in [6.07, 6.45) is 3.09. The first-order valence-electron chi connectivity index (χ1n) is 7.78. The van der Waals surface area contributed by atoms with Crippen LogP contribution in [-0.4, -0.2) is 19.6 Å². The monoisotopic (exact) mass is 446 g/mol. The minimum absolute atomic E-state index is 0.0625. The summed E-state index contributed by atoms with van der Waals surface area (Å²) in [5, 5.41) is 12.6. The predicted molar refractivity (Wildman–Crippen MR) is 110 cm³/mol. The lowest BCUT2D eigenvalue weighted by molar-refractivity contribution is -0.112. The maximum atomic E-state index is 12.4. The van der Waals surface area contributed by atoms with Crippen LogP contribution < -0.4 is 14.8 Å². The Morgan fingerprint density at radius 3 is 2.63 bits per heavy atom. The third kappa shape index (κ3) is 5.61. The molecule has 0 saturated carbocycles. The maximum Gasteiger partial charge on any atom is 0.266 e. The Balaban J connectivity index is 2.30. The van der Waals surface area contributed by atoms with Crippen LogP contribution in [0.5, 0.6) is 11.5 Å². The molecule has 2 aromatic carbocycles. The van der Waals surface area contributed by atoms with Crippen molar-refractivity contribution in [2.75, 3.05) is 19.0 Å². The van der Waals surface area contributed by atoms with E-state index in [0.717, 1.165) is 0 Å². The highest BCUT2D eigenvalue weighted by atomic mass is 79.9. The molecule has 2 rings (SSSR count). The van der Waals surface area contributed by atoms with E-state index >= 15 is 0 Å². The van der Waals surface area contributed by atoms with Gasteiger partial charge in [-0.15, -0.1) is 0 Å². The number of hydrogen-bond acceptors (Lipinski definition) is 4. The number of rotatable bonds is 7. The maximum absolute atomic E-state index is 12.4. The summed E-state index contributed by atoms with van der Waals surface area (Å²) in [6, 6.07) is 11.9. The molecule has 0 aliphatic heterocycles. The Kier molecular flexibility index (Phi) is 7.47. The molecule has 0 spiro atoms. The van der Waals surface area contributed by atoms with Gasteiger partial charge in [-0.1, -0.05) is 40.2 Å². The van der Waals surface area contributed by atoms with Gasteiger partial charge in [-0.3, -0.25) is 4.79 Å². The lowest BCUT2D eigenvalue weighted by Crippen LogP contribution is -2.13. The second-order valence-electron chi connectivity index (χ2n) is 5.26. The predicted octanol–water partition coefficient (Wildman–Crippen LogP) is 5.22. The van der Waals surface area contributed by atoms with Crippen molar-refractivity contribution in [3.63, 3.8) is 0 Å². The summed E-state index contributed by atoms with van der Waals surface area (Å²) in [5.74, 6) is 0.463. The highest BCUT2D eigenvalue weighted by Gasteiger charge is 2.13. The number of amides is 1. The molecule has 0 atom stereocenters. The zero-order valence-electron chi connectivity index (χ0n) is 14.5. The van der Waals surface area contributed by atoms with E-state index in [9.17, 15) is 10.1 Å². The molecule has 0 fully saturated rings. The number of methoxy groups -OCH3 is 1. The first-order chi connectivity index (χ1) is 13.0. The number of carbonyl (C=O) groups is 1. The normalized spacial score (nSPS) is 10.7. The molecule has 0 saturated heterocycles. The summed E-state index contributed by atoms with van der Waals surface area (Å²) in [7, 11) is 1.51. The third-order valence-corrected chi connectivity index (χ3v) is 4.35. The molecule has 0 aliphatic rings. The smallest absolute Gasteiger partial charge is 0.266 e. The van der Waals surface area contributed by atoms with E-state index in [0.29, 0.717) is 38.9 Å². The molecule has 0 aromatic heterocycles. The van der Waals surface area contributed by atoms with E-state index in [1.54, 1.807) is 42.5 Å². The van der Waals surface area contributed by atoms with Gasteiger partial charge < -0.3 is 14.8 Å². The molecule has 0 bridgehead atoms. The third-order valence-electron chi connectivity index (χ3n) is 3.41. The van der Waals surface area contributed by atoms with Gasteiger partial charge in [-0.25, -0.2) is 0 Å². The molecule has 2 aromatic rings. The van der Waals surface area contributed by atoms with Gasteiger partial charge in [0.25, 0.3) is 5.91 Å². The summed E-state index contributed by atoms with van der Waals surface area (Å²) in [5.41, 5.74) is 1.07. The minimum atomic E-state index is -0.530. The lowest BCUT2D eigenvalue weighted by atomic mass is 10.1. The van der Waals surface area contributed by atoms with E-state index in [1.807, 2.05) is 6.07 Å². The van der Waals surface area contributed by atoms with Crippen LogP contribution in [0.4, 0.5) is 5.69 Å². The van der Waals surface area contributed by atoms with Gasteiger partial charge in [0, 0.05) is 15.2 Å². The SMILES string of the molecule is C=CCOc1cc(Br)c(/C=C(/C#N)C(=O)Nc2ccc(Cl)cc2)cc1OC. The zero-order valence-corrected chi connectivity index (χ0v) is 16.8. The van der Waals surface area contributed by atoms with Gasteiger partial charge in [-0.2, -0.15) is 5.26 Å². The van der Waals surface area contributed by atoms with Crippen LogP contribution in [-0.2, 0) is 4.79 Å². The number of nitrogens with one attached hydrogen (secondary N) is 1. The second kappa shape index (κ2) is 9.81. The first kappa shape index (κ1) is 20.6. The molecule has 0 radical (unpaired) electrons. The summed E-state index contributed by atoms with van der Waals surface area (Å²) in [4.78, 5) is 12.4. The number of anilines is 1. The highest BCUT2D eigenvalue weighted by Crippen LogP contribution is 2.34. The molecule has 27 heavy (non-hydrogen) atoms. The van der Waals surface area contributed by atoms with Crippen LogP contribution in [0.25, 0.3) is 6.08 Å². The number of halogens is 2. The Morgan fingerprint density at radius 2 is 2.04 bits per heavy atom.